The molecular formula is C14H25N3O3S. The van der Waals surface area contributed by atoms with Gasteiger partial charge in [0.15, 0.2) is 0 Å². The minimum atomic E-state index is -0.509. The van der Waals surface area contributed by atoms with Gasteiger partial charge in [-0.2, -0.15) is 11.8 Å². The van der Waals surface area contributed by atoms with Crippen molar-refractivity contribution >= 4 is 29.5 Å². The quantitative estimate of drug-likeness (QED) is 0.735. The molecule has 1 aliphatic heterocycles. The van der Waals surface area contributed by atoms with Crippen LogP contribution in [0.5, 0.6) is 0 Å². The zero-order chi connectivity index (χ0) is 16.0. The smallest absolute Gasteiger partial charge is 0.242 e. The molecule has 0 radical (unpaired) electrons. The summed E-state index contributed by atoms with van der Waals surface area (Å²) in [6.07, 6.45) is 3.44. The Bertz CT molecular complexity index is 412. The van der Waals surface area contributed by atoms with Crippen molar-refractivity contribution in [3.63, 3.8) is 0 Å². The van der Waals surface area contributed by atoms with E-state index in [4.69, 9.17) is 0 Å². The fourth-order valence-electron chi connectivity index (χ4n) is 2.43. The van der Waals surface area contributed by atoms with E-state index in [-0.39, 0.29) is 24.3 Å². The van der Waals surface area contributed by atoms with Gasteiger partial charge in [0.2, 0.25) is 17.7 Å². The molecule has 6 nitrogen and oxygen atoms in total. The molecule has 0 aromatic carbocycles. The highest BCUT2D eigenvalue weighted by Gasteiger charge is 2.34. The van der Waals surface area contributed by atoms with Crippen molar-refractivity contribution in [3.8, 4) is 0 Å². The molecule has 0 spiro atoms. The molecule has 1 aliphatic rings. The summed E-state index contributed by atoms with van der Waals surface area (Å²) in [6, 6.07) is -0.404. The number of carbonyl (C=O) groups excluding carboxylic acids is 3. The largest absolute Gasteiger partial charge is 0.357 e. The summed E-state index contributed by atoms with van der Waals surface area (Å²) in [5, 5.41) is 5.26. The van der Waals surface area contributed by atoms with Crippen LogP contribution in [0, 0.1) is 5.41 Å². The second kappa shape index (κ2) is 7.68. The highest BCUT2D eigenvalue weighted by molar-refractivity contribution is 7.98. The summed E-state index contributed by atoms with van der Waals surface area (Å²) in [5.74, 6) is 0.211. The number of carbonyl (C=O) groups is 3. The Balaban J connectivity index is 2.54. The van der Waals surface area contributed by atoms with Gasteiger partial charge in [0.1, 0.15) is 6.04 Å². The number of amides is 3. The van der Waals surface area contributed by atoms with Crippen LogP contribution in [0.15, 0.2) is 0 Å². The molecule has 21 heavy (non-hydrogen) atoms. The molecule has 0 unspecified atom stereocenters. The third-order valence-corrected chi connectivity index (χ3v) is 4.65. The SMILES string of the molecule is CNC(=O)[C@H]1CCCN1C(=O)CNC(=O)C(C)(C)CSC. The molecule has 1 fully saturated rings. The van der Waals surface area contributed by atoms with Gasteiger partial charge < -0.3 is 15.5 Å². The number of rotatable bonds is 6. The maximum atomic E-state index is 12.2. The van der Waals surface area contributed by atoms with E-state index in [2.05, 4.69) is 10.6 Å². The van der Waals surface area contributed by atoms with Crippen LogP contribution >= 0.6 is 11.8 Å². The van der Waals surface area contributed by atoms with E-state index in [9.17, 15) is 14.4 Å². The van der Waals surface area contributed by atoms with E-state index < -0.39 is 11.5 Å². The van der Waals surface area contributed by atoms with Gasteiger partial charge in [-0.15, -0.1) is 0 Å². The molecule has 120 valence electrons. The Labute approximate surface area is 130 Å². The van der Waals surface area contributed by atoms with Gasteiger partial charge in [0.05, 0.1) is 12.0 Å². The van der Waals surface area contributed by atoms with Crippen molar-refractivity contribution < 1.29 is 14.4 Å². The molecule has 1 saturated heterocycles. The van der Waals surface area contributed by atoms with Crippen molar-refractivity contribution in [1.82, 2.24) is 15.5 Å². The highest BCUT2D eigenvalue weighted by atomic mass is 32.2. The van der Waals surface area contributed by atoms with Crippen LogP contribution in [-0.4, -0.2) is 60.8 Å². The standard InChI is InChI=1S/C14H25N3O3S/c1-14(2,9-21-4)13(20)16-8-11(18)17-7-5-6-10(17)12(19)15-3/h10H,5-9H2,1-4H3,(H,15,19)(H,16,20)/t10-/m1/s1. The van der Waals surface area contributed by atoms with Crippen molar-refractivity contribution in [2.75, 3.05) is 32.1 Å². The molecule has 3 amide bonds. The molecule has 1 heterocycles. The first kappa shape index (κ1) is 17.8. The number of nitrogens with zero attached hydrogens (tertiary/aromatic N) is 1. The summed E-state index contributed by atoms with van der Waals surface area (Å²) in [4.78, 5) is 37.5. The highest BCUT2D eigenvalue weighted by Crippen LogP contribution is 2.21. The van der Waals surface area contributed by atoms with Crippen molar-refractivity contribution in [2.24, 2.45) is 5.41 Å². The Hall–Kier alpha value is -1.24. The molecule has 0 saturated carbocycles. The van der Waals surface area contributed by atoms with E-state index in [1.165, 1.54) is 0 Å². The third-order valence-electron chi connectivity index (χ3n) is 3.64. The Morgan fingerprint density at radius 1 is 1.33 bits per heavy atom. The summed E-state index contributed by atoms with van der Waals surface area (Å²) >= 11 is 1.59. The normalized spacial score (nSPS) is 18.5. The predicted octanol–water partition coefficient (Wildman–Crippen LogP) is 0.229. The van der Waals surface area contributed by atoms with Crippen molar-refractivity contribution in [2.45, 2.75) is 32.7 Å². The monoisotopic (exact) mass is 315 g/mol. The number of nitrogens with one attached hydrogen (secondary N) is 2. The summed E-state index contributed by atoms with van der Waals surface area (Å²) < 4.78 is 0. The van der Waals surface area contributed by atoms with E-state index >= 15 is 0 Å². The summed E-state index contributed by atoms with van der Waals surface area (Å²) in [6.45, 7) is 4.23. The number of hydrogen-bond acceptors (Lipinski definition) is 4. The number of thioether (sulfide) groups is 1. The molecule has 0 aromatic rings. The second-order valence-electron chi connectivity index (χ2n) is 5.86. The van der Waals surface area contributed by atoms with Crippen LogP contribution in [0.25, 0.3) is 0 Å². The lowest BCUT2D eigenvalue weighted by Gasteiger charge is -2.25. The molecule has 1 rings (SSSR count). The van der Waals surface area contributed by atoms with Gasteiger partial charge >= 0.3 is 0 Å². The fraction of sp³-hybridized carbons (Fsp3) is 0.786. The van der Waals surface area contributed by atoms with E-state index in [0.29, 0.717) is 18.7 Å². The van der Waals surface area contributed by atoms with Crippen LogP contribution in [-0.2, 0) is 14.4 Å². The average Bonchev–Trinajstić information content (AvgIpc) is 2.92. The molecule has 0 aromatic heterocycles. The van der Waals surface area contributed by atoms with Gasteiger partial charge in [0.25, 0.3) is 0 Å². The van der Waals surface area contributed by atoms with Crippen LogP contribution in [0.4, 0.5) is 0 Å². The summed E-state index contributed by atoms with van der Waals surface area (Å²) in [7, 11) is 1.57. The lowest BCUT2D eigenvalue weighted by Crippen LogP contribution is -2.49. The number of likely N-dealkylation sites (N-methyl/N-ethyl adjacent to an activating group) is 1. The van der Waals surface area contributed by atoms with Gasteiger partial charge in [-0.05, 0) is 19.1 Å². The van der Waals surface area contributed by atoms with Gasteiger partial charge in [-0.3, -0.25) is 14.4 Å². The fourth-order valence-corrected chi connectivity index (χ4v) is 3.28. The first-order chi connectivity index (χ1) is 9.83. The zero-order valence-electron chi connectivity index (χ0n) is 13.2. The maximum absolute atomic E-state index is 12.2. The Morgan fingerprint density at radius 2 is 2.00 bits per heavy atom. The first-order valence-electron chi connectivity index (χ1n) is 7.11. The average molecular weight is 315 g/mol. The Morgan fingerprint density at radius 3 is 2.57 bits per heavy atom. The van der Waals surface area contributed by atoms with E-state index in [0.717, 1.165) is 6.42 Å². The maximum Gasteiger partial charge on any atom is 0.242 e. The molecule has 7 heteroatoms. The van der Waals surface area contributed by atoms with Crippen LogP contribution in [0.2, 0.25) is 0 Å². The van der Waals surface area contributed by atoms with Crippen LogP contribution in [0.1, 0.15) is 26.7 Å². The molecule has 1 atom stereocenters. The third kappa shape index (κ3) is 4.62. The lowest BCUT2D eigenvalue weighted by molar-refractivity contribution is -0.139. The predicted molar refractivity (Wildman–Crippen MR) is 84.0 cm³/mol. The minimum Gasteiger partial charge on any atom is -0.357 e. The Kier molecular flexibility index (Phi) is 6.51. The second-order valence-corrected chi connectivity index (χ2v) is 6.73. The minimum absolute atomic E-state index is 0.0514. The molecule has 0 aliphatic carbocycles. The molecule has 2 N–H and O–H groups in total. The van der Waals surface area contributed by atoms with Crippen LogP contribution < -0.4 is 10.6 Å². The topological polar surface area (TPSA) is 78.5 Å². The van der Waals surface area contributed by atoms with Gasteiger partial charge in [-0.1, -0.05) is 13.8 Å². The first-order valence-corrected chi connectivity index (χ1v) is 8.51. The summed E-state index contributed by atoms with van der Waals surface area (Å²) in [5.41, 5.74) is -0.509. The van der Waals surface area contributed by atoms with Gasteiger partial charge in [-0.25, -0.2) is 0 Å². The molecule has 0 bridgehead atoms. The lowest BCUT2D eigenvalue weighted by atomic mass is 9.95. The van der Waals surface area contributed by atoms with Crippen LogP contribution in [0.3, 0.4) is 0 Å². The van der Waals surface area contributed by atoms with Crippen molar-refractivity contribution in [1.29, 1.82) is 0 Å². The van der Waals surface area contributed by atoms with Gasteiger partial charge in [0, 0.05) is 19.3 Å². The number of hydrogen-bond donors (Lipinski definition) is 2. The van der Waals surface area contributed by atoms with E-state index in [1.807, 2.05) is 20.1 Å². The van der Waals surface area contributed by atoms with E-state index in [1.54, 1.807) is 23.7 Å². The molecular weight excluding hydrogens is 290 g/mol. The van der Waals surface area contributed by atoms with Crippen molar-refractivity contribution in [3.05, 3.63) is 0 Å². The zero-order valence-corrected chi connectivity index (χ0v) is 14.0. The number of likely N-dealkylation sites (tertiary alicyclic amines) is 1.